The number of ketones is 2. The minimum atomic E-state index is -0.444. The molecule has 0 bridgehead atoms. The smallest absolute Gasteiger partial charge is 0.232 e. The average molecular weight is 354 g/mol. The highest BCUT2D eigenvalue weighted by Crippen LogP contribution is 2.27. The Kier molecular flexibility index (Phi) is 12.4. The van der Waals surface area contributed by atoms with Crippen LogP contribution in [0.3, 0.4) is 0 Å². The molecule has 0 N–H and O–H groups in total. The van der Waals surface area contributed by atoms with E-state index in [-0.39, 0.29) is 23.4 Å². The molecule has 0 aliphatic carbocycles. The van der Waals surface area contributed by atoms with Crippen LogP contribution in [0.5, 0.6) is 0 Å². The second-order valence-corrected chi connectivity index (χ2v) is 7.36. The molecule has 1 atom stereocenters. The third kappa shape index (κ3) is 11.1. The maximum absolute atomic E-state index is 11.9. The lowest BCUT2D eigenvalue weighted by Crippen LogP contribution is -2.28. The van der Waals surface area contributed by atoms with Crippen LogP contribution >= 0.6 is 0 Å². The molecule has 5 nitrogen and oxygen atoms in total. The van der Waals surface area contributed by atoms with Gasteiger partial charge in [-0.3, -0.25) is 9.59 Å². The molecule has 0 saturated carbocycles. The second kappa shape index (κ2) is 13.0. The lowest BCUT2D eigenvalue weighted by Gasteiger charge is -2.20. The van der Waals surface area contributed by atoms with Crippen molar-refractivity contribution in [2.45, 2.75) is 72.3 Å². The Balaban J connectivity index is 3.59. The van der Waals surface area contributed by atoms with E-state index in [4.69, 9.17) is 16.0 Å². The van der Waals surface area contributed by atoms with Crippen LogP contribution in [0.4, 0.5) is 0 Å². The first-order valence-electron chi connectivity index (χ1n) is 9.31. The van der Waals surface area contributed by atoms with Gasteiger partial charge in [0, 0.05) is 51.0 Å². The molecule has 0 aliphatic rings. The highest BCUT2D eigenvalue weighted by atomic mass is 16.5. The molecule has 0 radical (unpaired) electrons. The SMILES string of the molecule is [C-]#[N+]C(C)(CCC(=O)CCCOCCOCCC(=O)C(C)C)C(C)C. The number of carbonyl (C=O) groups is 2. The maximum atomic E-state index is 11.9. The van der Waals surface area contributed by atoms with Gasteiger partial charge in [0.25, 0.3) is 0 Å². The van der Waals surface area contributed by atoms with E-state index in [0.29, 0.717) is 58.5 Å². The van der Waals surface area contributed by atoms with Gasteiger partial charge in [-0.2, -0.15) is 0 Å². The predicted octanol–water partition coefficient (Wildman–Crippen LogP) is 4.10. The van der Waals surface area contributed by atoms with E-state index in [1.165, 1.54) is 0 Å². The number of nitrogens with zero attached hydrogens (tertiary/aromatic N) is 1. The van der Waals surface area contributed by atoms with Gasteiger partial charge in [-0.05, 0) is 6.42 Å². The maximum Gasteiger partial charge on any atom is 0.232 e. The summed E-state index contributed by atoms with van der Waals surface area (Å²) in [6.07, 6.45) is 2.73. The lowest BCUT2D eigenvalue weighted by atomic mass is 9.84. The van der Waals surface area contributed by atoms with Gasteiger partial charge in [0.1, 0.15) is 11.6 Å². The standard InChI is InChI=1S/C20H35NO4/c1-16(2)19(23)10-13-25-15-14-24-12-7-8-18(22)9-11-20(5,21-6)17(3)4/h16-17H,7-15H2,1-5H3. The number of hydrogen-bond acceptors (Lipinski definition) is 4. The summed E-state index contributed by atoms with van der Waals surface area (Å²) in [5, 5.41) is 0. The van der Waals surface area contributed by atoms with Crippen molar-refractivity contribution in [1.82, 2.24) is 0 Å². The Labute approximate surface area is 153 Å². The van der Waals surface area contributed by atoms with E-state index >= 15 is 0 Å². The van der Waals surface area contributed by atoms with Crippen molar-refractivity contribution in [2.24, 2.45) is 11.8 Å². The third-order valence-electron chi connectivity index (χ3n) is 4.66. The summed E-state index contributed by atoms with van der Waals surface area (Å²) >= 11 is 0. The van der Waals surface area contributed by atoms with Crippen LogP contribution in [0.25, 0.3) is 4.85 Å². The summed E-state index contributed by atoms with van der Waals surface area (Å²) in [6, 6.07) is 0. The van der Waals surface area contributed by atoms with E-state index in [9.17, 15) is 9.59 Å². The minimum Gasteiger partial charge on any atom is -0.379 e. The summed E-state index contributed by atoms with van der Waals surface area (Å²) < 4.78 is 10.8. The molecule has 0 fully saturated rings. The fraction of sp³-hybridized carbons (Fsp3) is 0.850. The molecule has 0 amide bonds. The van der Waals surface area contributed by atoms with E-state index in [2.05, 4.69) is 4.85 Å². The van der Waals surface area contributed by atoms with Crippen LogP contribution < -0.4 is 0 Å². The highest BCUT2D eigenvalue weighted by Gasteiger charge is 2.34. The van der Waals surface area contributed by atoms with Gasteiger partial charge in [0.2, 0.25) is 5.54 Å². The molecule has 5 heteroatoms. The highest BCUT2D eigenvalue weighted by molar-refractivity contribution is 5.80. The summed E-state index contributed by atoms with van der Waals surface area (Å²) in [5.41, 5.74) is -0.444. The van der Waals surface area contributed by atoms with Crippen LogP contribution in [-0.2, 0) is 19.1 Å². The largest absolute Gasteiger partial charge is 0.379 e. The zero-order valence-corrected chi connectivity index (χ0v) is 16.6. The molecular formula is C20H35NO4. The first-order chi connectivity index (χ1) is 11.7. The fourth-order valence-electron chi connectivity index (χ4n) is 2.15. The molecule has 0 aromatic rings. The number of carbonyl (C=O) groups excluding carboxylic acids is 2. The van der Waals surface area contributed by atoms with E-state index in [0.717, 1.165) is 0 Å². The molecule has 0 saturated heterocycles. The van der Waals surface area contributed by atoms with Crippen molar-refractivity contribution in [3.05, 3.63) is 11.4 Å². The molecule has 0 aromatic heterocycles. The number of ether oxygens (including phenoxy) is 2. The molecule has 0 spiro atoms. The summed E-state index contributed by atoms with van der Waals surface area (Å²) in [5.74, 6) is 0.719. The van der Waals surface area contributed by atoms with Gasteiger partial charge in [-0.25, -0.2) is 6.57 Å². The molecule has 144 valence electrons. The van der Waals surface area contributed by atoms with E-state index < -0.39 is 5.54 Å². The molecular weight excluding hydrogens is 318 g/mol. The van der Waals surface area contributed by atoms with Crippen LogP contribution in [0.1, 0.15) is 66.7 Å². The molecule has 1 unspecified atom stereocenters. The van der Waals surface area contributed by atoms with Crippen molar-refractivity contribution in [2.75, 3.05) is 26.4 Å². The molecule has 0 heterocycles. The number of hydrogen-bond donors (Lipinski definition) is 0. The Morgan fingerprint density at radius 2 is 1.56 bits per heavy atom. The van der Waals surface area contributed by atoms with Gasteiger partial charge < -0.3 is 14.3 Å². The topological polar surface area (TPSA) is 57.0 Å². The van der Waals surface area contributed by atoms with Crippen LogP contribution in [-0.4, -0.2) is 43.5 Å². The predicted molar refractivity (Wildman–Crippen MR) is 99.4 cm³/mol. The molecule has 25 heavy (non-hydrogen) atoms. The minimum absolute atomic E-state index is 0.0607. The Morgan fingerprint density at radius 3 is 2.08 bits per heavy atom. The van der Waals surface area contributed by atoms with Crippen molar-refractivity contribution >= 4 is 11.6 Å². The first-order valence-corrected chi connectivity index (χ1v) is 9.31. The molecule has 0 rings (SSSR count). The molecule has 0 aliphatic heterocycles. The zero-order valence-electron chi connectivity index (χ0n) is 16.6. The Morgan fingerprint density at radius 1 is 0.960 bits per heavy atom. The molecule has 0 aromatic carbocycles. The summed E-state index contributed by atoms with van der Waals surface area (Å²) in [7, 11) is 0. The van der Waals surface area contributed by atoms with Gasteiger partial charge in [0.15, 0.2) is 0 Å². The average Bonchev–Trinajstić information content (AvgIpc) is 2.57. The third-order valence-corrected chi connectivity index (χ3v) is 4.66. The quantitative estimate of drug-likeness (QED) is 0.328. The van der Waals surface area contributed by atoms with Crippen molar-refractivity contribution in [1.29, 1.82) is 0 Å². The van der Waals surface area contributed by atoms with E-state index in [1.807, 2.05) is 34.6 Å². The van der Waals surface area contributed by atoms with Crippen LogP contribution in [0.2, 0.25) is 0 Å². The zero-order chi connectivity index (χ0) is 19.3. The first kappa shape index (κ1) is 23.8. The Bertz CT molecular complexity index is 439. The van der Waals surface area contributed by atoms with Crippen LogP contribution in [0.15, 0.2) is 0 Å². The fourth-order valence-corrected chi connectivity index (χ4v) is 2.15. The summed E-state index contributed by atoms with van der Waals surface area (Å²) in [6.45, 7) is 19.0. The van der Waals surface area contributed by atoms with Gasteiger partial charge in [-0.15, -0.1) is 0 Å². The van der Waals surface area contributed by atoms with Crippen LogP contribution in [0, 0.1) is 18.4 Å². The van der Waals surface area contributed by atoms with Crippen molar-refractivity contribution in [3.63, 3.8) is 0 Å². The second-order valence-electron chi connectivity index (χ2n) is 7.36. The van der Waals surface area contributed by atoms with Crippen molar-refractivity contribution in [3.8, 4) is 0 Å². The van der Waals surface area contributed by atoms with Gasteiger partial charge in [0.05, 0.1) is 19.8 Å². The number of Topliss-reactive ketones (excluding diaryl/α,β-unsaturated/α-hetero) is 2. The monoisotopic (exact) mass is 353 g/mol. The van der Waals surface area contributed by atoms with E-state index in [1.54, 1.807) is 0 Å². The van der Waals surface area contributed by atoms with Gasteiger partial charge in [-0.1, -0.05) is 27.7 Å². The Hall–Kier alpha value is -1.25. The number of rotatable bonds is 15. The normalized spacial score (nSPS) is 13.7. The van der Waals surface area contributed by atoms with Gasteiger partial charge >= 0.3 is 0 Å². The van der Waals surface area contributed by atoms with Crippen molar-refractivity contribution < 1.29 is 19.1 Å². The lowest BCUT2D eigenvalue weighted by molar-refractivity contribution is -0.123. The summed E-state index contributed by atoms with van der Waals surface area (Å²) in [4.78, 5) is 27.0.